The second kappa shape index (κ2) is 8.96. The Morgan fingerprint density at radius 2 is 2.00 bits per heavy atom. The van der Waals surface area contributed by atoms with Crippen LogP contribution in [-0.4, -0.2) is 45.7 Å². The van der Waals surface area contributed by atoms with Gasteiger partial charge in [0.25, 0.3) is 0 Å². The van der Waals surface area contributed by atoms with Gasteiger partial charge in [-0.25, -0.2) is 9.50 Å². The second-order valence-corrected chi connectivity index (χ2v) is 8.70. The van der Waals surface area contributed by atoms with Gasteiger partial charge >= 0.3 is 0 Å². The van der Waals surface area contributed by atoms with Gasteiger partial charge in [0, 0.05) is 30.8 Å². The van der Waals surface area contributed by atoms with E-state index in [0.717, 1.165) is 58.7 Å². The number of imidazole rings is 1. The van der Waals surface area contributed by atoms with Gasteiger partial charge in [-0.1, -0.05) is 17.4 Å². The first kappa shape index (κ1) is 20.4. The average molecular weight is 449 g/mol. The molecule has 1 amide bonds. The summed E-state index contributed by atoms with van der Waals surface area (Å²) in [5.74, 6) is 0.957. The van der Waals surface area contributed by atoms with Crippen molar-refractivity contribution in [2.75, 3.05) is 25.1 Å². The van der Waals surface area contributed by atoms with E-state index in [4.69, 9.17) is 14.8 Å². The highest BCUT2D eigenvalue weighted by Gasteiger charge is 2.26. The number of pyridine rings is 1. The molecular formula is C23H24N6O2S. The lowest BCUT2D eigenvalue weighted by atomic mass is 9.96. The summed E-state index contributed by atoms with van der Waals surface area (Å²) in [4.78, 5) is 24.6. The monoisotopic (exact) mass is 448 g/mol. The molecular weight excluding hydrogens is 424 g/mol. The minimum Gasteiger partial charge on any atom is -0.497 e. The number of methoxy groups -OCH3 is 1. The zero-order valence-electron chi connectivity index (χ0n) is 17.8. The molecule has 8 nitrogen and oxygen atoms in total. The fourth-order valence-corrected chi connectivity index (χ4v) is 4.81. The molecule has 0 atom stereocenters. The number of benzene rings is 1. The third-order valence-corrected chi connectivity index (χ3v) is 6.71. The lowest BCUT2D eigenvalue weighted by Crippen LogP contribution is -2.40. The third-order valence-electron chi connectivity index (χ3n) is 5.72. The van der Waals surface area contributed by atoms with Gasteiger partial charge in [-0.2, -0.15) is 0 Å². The van der Waals surface area contributed by atoms with Crippen LogP contribution in [-0.2, 0) is 11.3 Å². The Morgan fingerprint density at radius 1 is 1.19 bits per heavy atom. The largest absolute Gasteiger partial charge is 0.497 e. The average Bonchev–Trinajstić information content (AvgIpc) is 3.43. The number of nitrogens with one attached hydrogen (secondary N) is 1. The first-order chi connectivity index (χ1) is 15.7. The molecule has 1 saturated heterocycles. The number of nitrogens with zero attached hydrogens (tertiary/aromatic N) is 5. The molecule has 1 N–H and O–H groups in total. The number of carbonyl (C=O) groups is 1. The van der Waals surface area contributed by atoms with E-state index >= 15 is 0 Å². The lowest BCUT2D eigenvalue weighted by molar-refractivity contribution is -0.125. The van der Waals surface area contributed by atoms with Gasteiger partial charge < -0.3 is 15.0 Å². The van der Waals surface area contributed by atoms with Crippen molar-refractivity contribution < 1.29 is 9.53 Å². The molecule has 0 radical (unpaired) electrons. The number of rotatable bonds is 6. The summed E-state index contributed by atoms with van der Waals surface area (Å²) in [6.07, 6.45) is 5.32. The number of hydrogen-bond donors (Lipinski definition) is 1. The van der Waals surface area contributed by atoms with Crippen molar-refractivity contribution in [2.45, 2.75) is 19.4 Å². The topological polar surface area (TPSA) is 84.7 Å². The number of aromatic nitrogens is 4. The van der Waals surface area contributed by atoms with Crippen molar-refractivity contribution in [1.82, 2.24) is 24.9 Å². The maximum Gasteiger partial charge on any atom is 0.223 e. The molecule has 0 saturated carbocycles. The smallest absolute Gasteiger partial charge is 0.223 e. The highest BCUT2D eigenvalue weighted by molar-refractivity contribution is 7.20. The minimum atomic E-state index is 0.0284. The van der Waals surface area contributed by atoms with Gasteiger partial charge in [-0.3, -0.25) is 9.78 Å². The quantitative estimate of drug-likeness (QED) is 0.487. The van der Waals surface area contributed by atoms with E-state index in [9.17, 15) is 4.79 Å². The van der Waals surface area contributed by atoms with Crippen LogP contribution < -0.4 is 15.0 Å². The van der Waals surface area contributed by atoms with E-state index in [1.54, 1.807) is 24.6 Å². The summed E-state index contributed by atoms with van der Waals surface area (Å²) >= 11 is 1.58. The molecule has 0 unspecified atom stereocenters. The Morgan fingerprint density at radius 3 is 2.69 bits per heavy atom. The zero-order valence-corrected chi connectivity index (χ0v) is 18.6. The van der Waals surface area contributed by atoms with Crippen LogP contribution in [0.25, 0.3) is 16.2 Å². The number of amides is 1. The van der Waals surface area contributed by atoms with Crippen molar-refractivity contribution in [1.29, 1.82) is 0 Å². The van der Waals surface area contributed by atoms with Gasteiger partial charge in [-0.05, 0) is 49.2 Å². The summed E-state index contributed by atoms with van der Waals surface area (Å²) in [7, 11) is 1.66. The van der Waals surface area contributed by atoms with Crippen LogP contribution >= 0.6 is 11.3 Å². The fourth-order valence-electron chi connectivity index (χ4n) is 3.88. The van der Waals surface area contributed by atoms with Gasteiger partial charge in [0.05, 0.1) is 31.2 Å². The van der Waals surface area contributed by atoms with Gasteiger partial charge in [0.1, 0.15) is 5.75 Å². The number of carbonyl (C=O) groups excluding carboxylic acids is 1. The van der Waals surface area contributed by atoms with Crippen molar-refractivity contribution in [3.8, 4) is 17.0 Å². The van der Waals surface area contributed by atoms with Crippen LogP contribution in [0.15, 0.2) is 54.9 Å². The Bertz CT molecular complexity index is 1160. The first-order valence-corrected chi connectivity index (χ1v) is 11.4. The van der Waals surface area contributed by atoms with E-state index < -0.39 is 0 Å². The van der Waals surface area contributed by atoms with E-state index in [1.807, 2.05) is 53.2 Å². The highest BCUT2D eigenvalue weighted by atomic mass is 32.1. The third kappa shape index (κ3) is 4.29. The molecule has 32 heavy (non-hydrogen) atoms. The summed E-state index contributed by atoms with van der Waals surface area (Å²) in [6, 6.07) is 13.6. The summed E-state index contributed by atoms with van der Waals surface area (Å²) in [5.41, 5.74) is 2.79. The molecule has 0 bridgehead atoms. The molecule has 0 spiro atoms. The van der Waals surface area contributed by atoms with E-state index in [0.29, 0.717) is 6.54 Å². The van der Waals surface area contributed by atoms with Crippen LogP contribution in [0.2, 0.25) is 0 Å². The molecule has 9 heteroatoms. The molecule has 4 heterocycles. The van der Waals surface area contributed by atoms with E-state index in [1.165, 1.54) is 0 Å². The van der Waals surface area contributed by atoms with Crippen LogP contribution in [0, 0.1) is 5.92 Å². The minimum absolute atomic E-state index is 0.0284. The molecule has 3 aromatic heterocycles. The molecule has 4 aromatic rings. The maximum absolute atomic E-state index is 12.5. The molecule has 0 aliphatic carbocycles. The molecule has 1 fully saturated rings. The zero-order chi connectivity index (χ0) is 21.9. The molecule has 164 valence electrons. The predicted molar refractivity (Wildman–Crippen MR) is 124 cm³/mol. The predicted octanol–water partition coefficient (Wildman–Crippen LogP) is 3.39. The van der Waals surface area contributed by atoms with Gasteiger partial charge in [-0.15, -0.1) is 5.10 Å². The second-order valence-electron chi connectivity index (χ2n) is 7.77. The summed E-state index contributed by atoms with van der Waals surface area (Å²) in [5, 5.41) is 8.69. The van der Waals surface area contributed by atoms with Crippen LogP contribution in [0.3, 0.4) is 0 Å². The number of anilines is 1. The number of piperidine rings is 1. The van der Waals surface area contributed by atoms with Gasteiger partial charge in [0.15, 0.2) is 0 Å². The van der Waals surface area contributed by atoms with E-state index in [2.05, 4.69) is 15.2 Å². The van der Waals surface area contributed by atoms with Crippen LogP contribution in [0.1, 0.15) is 18.5 Å². The van der Waals surface area contributed by atoms with Gasteiger partial charge in [0.2, 0.25) is 16.0 Å². The Balaban J connectivity index is 1.18. The Labute approximate surface area is 189 Å². The lowest BCUT2D eigenvalue weighted by Gasteiger charge is -2.30. The molecule has 1 aromatic carbocycles. The highest BCUT2D eigenvalue weighted by Crippen LogP contribution is 2.30. The van der Waals surface area contributed by atoms with Crippen molar-refractivity contribution in [3.05, 3.63) is 60.6 Å². The Kier molecular flexibility index (Phi) is 5.72. The fraction of sp³-hybridized carbons (Fsp3) is 0.304. The number of ether oxygens (including phenoxy) is 1. The number of fused-ring (bicyclic) bond motifs is 1. The van der Waals surface area contributed by atoms with Crippen molar-refractivity contribution in [3.63, 3.8) is 0 Å². The Hall–Kier alpha value is -3.46. The van der Waals surface area contributed by atoms with Crippen molar-refractivity contribution in [2.24, 2.45) is 5.92 Å². The normalized spacial score (nSPS) is 14.6. The van der Waals surface area contributed by atoms with Crippen molar-refractivity contribution >= 4 is 27.3 Å². The SMILES string of the molecule is COc1ccc(-c2cn3nc(N4CCC(C(=O)NCc5ccccn5)CC4)sc3n2)cc1. The van der Waals surface area contributed by atoms with E-state index in [-0.39, 0.29) is 11.8 Å². The number of hydrogen-bond acceptors (Lipinski definition) is 7. The standard InChI is InChI=1S/C23H24N6O2S/c1-31-19-7-5-16(6-8-19)20-15-29-22(26-20)32-23(27-29)28-12-9-17(10-13-28)21(30)25-14-18-4-2-3-11-24-18/h2-8,11,15,17H,9-10,12-14H2,1H3,(H,25,30). The molecule has 5 rings (SSSR count). The summed E-state index contributed by atoms with van der Waals surface area (Å²) in [6.45, 7) is 2.09. The molecule has 1 aliphatic rings. The maximum atomic E-state index is 12.5. The first-order valence-electron chi connectivity index (χ1n) is 10.6. The molecule has 1 aliphatic heterocycles. The van der Waals surface area contributed by atoms with Crippen LogP contribution in [0.4, 0.5) is 5.13 Å². The van der Waals surface area contributed by atoms with Crippen LogP contribution in [0.5, 0.6) is 5.75 Å². The summed E-state index contributed by atoms with van der Waals surface area (Å²) < 4.78 is 7.06.